The quantitative estimate of drug-likeness (QED) is 0.212. The molecule has 2 aromatic carbocycles. The van der Waals surface area contributed by atoms with Gasteiger partial charge < -0.3 is 9.15 Å². The topological polar surface area (TPSA) is 94.5 Å². The first-order valence-electron chi connectivity index (χ1n) is 10.5. The van der Waals surface area contributed by atoms with Crippen molar-refractivity contribution in [3.8, 4) is 22.8 Å². The fraction of sp³-hybridized carbons (Fsp3) is 0.120. The van der Waals surface area contributed by atoms with Gasteiger partial charge in [-0.05, 0) is 67.1 Å². The average Bonchev–Trinajstić information content (AvgIpc) is 3.53. The predicted octanol–water partition coefficient (Wildman–Crippen LogP) is 4.83. The van der Waals surface area contributed by atoms with Crippen LogP contribution in [0.15, 0.2) is 93.2 Å². The summed E-state index contributed by atoms with van der Waals surface area (Å²) in [7, 11) is 1.63. The van der Waals surface area contributed by atoms with Crippen molar-refractivity contribution in [1.82, 2.24) is 20.2 Å². The summed E-state index contributed by atoms with van der Waals surface area (Å²) in [6.45, 7) is 1.87. The minimum atomic E-state index is -0.249. The van der Waals surface area contributed by atoms with E-state index in [4.69, 9.17) is 9.15 Å². The first-order valence-corrected chi connectivity index (χ1v) is 11.4. The lowest BCUT2D eigenvalue weighted by molar-refractivity contribution is -0.118. The summed E-state index contributed by atoms with van der Waals surface area (Å²) in [5.41, 5.74) is 5.17. The molecule has 0 bridgehead atoms. The van der Waals surface area contributed by atoms with Crippen LogP contribution < -0.4 is 10.2 Å². The Morgan fingerprint density at radius 2 is 1.91 bits per heavy atom. The van der Waals surface area contributed by atoms with Crippen LogP contribution in [-0.4, -0.2) is 39.7 Å². The van der Waals surface area contributed by atoms with Crippen molar-refractivity contribution in [2.75, 3.05) is 12.9 Å². The van der Waals surface area contributed by atoms with Crippen molar-refractivity contribution in [1.29, 1.82) is 0 Å². The number of rotatable bonds is 9. The van der Waals surface area contributed by atoms with E-state index in [2.05, 4.69) is 20.7 Å². The molecule has 172 valence electrons. The van der Waals surface area contributed by atoms with Gasteiger partial charge in [0.1, 0.15) is 11.5 Å². The van der Waals surface area contributed by atoms with E-state index in [1.54, 1.807) is 19.6 Å². The second-order valence-corrected chi connectivity index (χ2v) is 8.13. The summed E-state index contributed by atoms with van der Waals surface area (Å²) in [5, 5.41) is 13.3. The number of benzene rings is 2. The summed E-state index contributed by atoms with van der Waals surface area (Å²) >= 11 is 1.28. The molecule has 34 heavy (non-hydrogen) atoms. The summed E-state index contributed by atoms with van der Waals surface area (Å²) in [6.07, 6.45) is 5.00. The highest BCUT2D eigenvalue weighted by molar-refractivity contribution is 7.99. The van der Waals surface area contributed by atoms with Crippen LogP contribution in [0.1, 0.15) is 12.7 Å². The molecule has 0 radical (unpaired) electrons. The van der Waals surface area contributed by atoms with E-state index in [1.807, 2.05) is 84.3 Å². The number of furan rings is 1. The molecule has 0 spiro atoms. The Morgan fingerprint density at radius 1 is 1.12 bits per heavy atom. The monoisotopic (exact) mass is 473 g/mol. The number of ether oxygens (including phenoxy) is 1. The standard InChI is InChI=1S/C25H23N5O3S/c1-18(15-22-9-6-14-33-22)16-26-27-23(31)17-34-25-29-28-24(19-10-12-21(32-2)13-11-19)30(25)20-7-4-3-5-8-20/h3-16H,17H2,1-2H3,(H,27,31)/b18-15+,26-16-. The number of methoxy groups -OCH3 is 1. The van der Waals surface area contributed by atoms with Gasteiger partial charge in [-0.2, -0.15) is 5.10 Å². The summed E-state index contributed by atoms with van der Waals surface area (Å²) in [4.78, 5) is 12.4. The number of carbonyl (C=O) groups is 1. The molecule has 0 fully saturated rings. The zero-order chi connectivity index (χ0) is 23.8. The maximum atomic E-state index is 12.4. The second-order valence-electron chi connectivity index (χ2n) is 7.19. The number of nitrogens with one attached hydrogen (secondary N) is 1. The Balaban J connectivity index is 1.46. The van der Waals surface area contributed by atoms with Gasteiger partial charge in [-0.3, -0.25) is 9.36 Å². The van der Waals surface area contributed by atoms with E-state index >= 15 is 0 Å². The summed E-state index contributed by atoms with van der Waals surface area (Å²) < 4.78 is 12.4. The molecule has 4 rings (SSSR count). The van der Waals surface area contributed by atoms with Gasteiger partial charge in [-0.1, -0.05) is 30.0 Å². The van der Waals surface area contributed by atoms with E-state index in [9.17, 15) is 4.79 Å². The number of carbonyl (C=O) groups excluding carboxylic acids is 1. The molecule has 0 saturated heterocycles. The van der Waals surface area contributed by atoms with Crippen LogP contribution in [0, 0.1) is 0 Å². The zero-order valence-electron chi connectivity index (χ0n) is 18.7. The fourth-order valence-corrected chi connectivity index (χ4v) is 3.85. The molecule has 2 aromatic heterocycles. The molecule has 1 N–H and O–H groups in total. The van der Waals surface area contributed by atoms with Crippen LogP contribution in [0.2, 0.25) is 0 Å². The van der Waals surface area contributed by atoms with E-state index in [0.29, 0.717) is 11.0 Å². The van der Waals surface area contributed by atoms with Crippen LogP contribution in [-0.2, 0) is 4.79 Å². The molecule has 0 saturated carbocycles. The van der Waals surface area contributed by atoms with Crippen LogP contribution in [0.25, 0.3) is 23.2 Å². The van der Waals surface area contributed by atoms with Crippen LogP contribution >= 0.6 is 11.8 Å². The SMILES string of the molecule is COc1ccc(-c2nnc(SCC(=O)N/N=C\C(C)=C\c3ccco3)n2-c2ccccc2)cc1. The molecule has 0 unspecified atom stereocenters. The number of thioether (sulfide) groups is 1. The van der Waals surface area contributed by atoms with Crippen molar-refractivity contribution in [3.05, 3.63) is 84.3 Å². The van der Waals surface area contributed by atoms with Gasteiger partial charge in [0.05, 0.1) is 25.3 Å². The van der Waals surface area contributed by atoms with E-state index in [-0.39, 0.29) is 11.7 Å². The van der Waals surface area contributed by atoms with Crippen LogP contribution in [0.3, 0.4) is 0 Å². The smallest absolute Gasteiger partial charge is 0.250 e. The van der Waals surface area contributed by atoms with Gasteiger partial charge in [-0.25, -0.2) is 5.43 Å². The van der Waals surface area contributed by atoms with Crippen LogP contribution in [0.5, 0.6) is 5.75 Å². The van der Waals surface area contributed by atoms with Gasteiger partial charge in [0.2, 0.25) is 0 Å². The molecular weight excluding hydrogens is 450 g/mol. The molecule has 0 aliphatic rings. The second kappa shape index (κ2) is 11.2. The Labute approximate surface area is 201 Å². The highest BCUT2D eigenvalue weighted by Crippen LogP contribution is 2.28. The van der Waals surface area contributed by atoms with Crippen molar-refractivity contribution >= 4 is 30.0 Å². The Kier molecular flexibility index (Phi) is 7.56. The molecular formula is C25H23N5O3S. The highest BCUT2D eigenvalue weighted by Gasteiger charge is 2.17. The molecule has 0 atom stereocenters. The fourth-order valence-electron chi connectivity index (χ4n) is 3.10. The number of aromatic nitrogens is 3. The third kappa shape index (κ3) is 5.81. The Bertz CT molecular complexity index is 1280. The number of amides is 1. The molecule has 0 aliphatic heterocycles. The number of hydrogen-bond donors (Lipinski definition) is 1. The number of nitrogens with zero attached hydrogens (tertiary/aromatic N) is 4. The van der Waals surface area contributed by atoms with Crippen LogP contribution in [0.4, 0.5) is 0 Å². The molecule has 8 nitrogen and oxygen atoms in total. The number of allylic oxidation sites excluding steroid dienone is 1. The summed E-state index contributed by atoms with van der Waals surface area (Å²) in [6, 6.07) is 21.0. The first kappa shape index (κ1) is 23.1. The normalized spacial score (nSPS) is 11.6. The third-order valence-electron chi connectivity index (χ3n) is 4.70. The first-order chi connectivity index (χ1) is 16.6. The minimum absolute atomic E-state index is 0.131. The van der Waals surface area contributed by atoms with Crippen molar-refractivity contribution in [2.45, 2.75) is 12.1 Å². The van der Waals surface area contributed by atoms with Crippen molar-refractivity contribution in [3.63, 3.8) is 0 Å². The summed E-state index contributed by atoms with van der Waals surface area (Å²) in [5.74, 6) is 2.04. The number of hydrogen-bond acceptors (Lipinski definition) is 7. The Morgan fingerprint density at radius 3 is 2.62 bits per heavy atom. The molecule has 4 aromatic rings. The van der Waals surface area contributed by atoms with Gasteiger partial charge in [-0.15, -0.1) is 10.2 Å². The van der Waals surface area contributed by atoms with Gasteiger partial charge >= 0.3 is 0 Å². The largest absolute Gasteiger partial charge is 0.497 e. The van der Waals surface area contributed by atoms with Crippen molar-refractivity contribution < 1.29 is 13.9 Å². The van der Waals surface area contributed by atoms with E-state index in [0.717, 1.165) is 28.3 Å². The lowest BCUT2D eigenvalue weighted by Gasteiger charge is -2.10. The number of hydrazone groups is 1. The highest BCUT2D eigenvalue weighted by atomic mass is 32.2. The molecule has 9 heteroatoms. The maximum Gasteiger partial charge on any atom is 0.250 e. The number of para-hydroxylation sites is 1. The van der Waals surface area contributed by atoms with E-state index < -0.39 is 0 Å². The van der Waals surface area contributed by atoms with Gasteiger partial charge in [0.15, 0.2) is 11.0 Å². The van der Waals surface area contributed by atoms with Gasteiger partial charge in [0.25, 0.3) is 5.91 Å². The lowest BCUT2D eigenvalue weighted by Crippen LogP contribution is -2.20. The predicted molar refractivity (Wildman–Crippen MR) is 133 cm³/mol. The Hall–Kier alpha value is -4.11. The average molecular weight is 474 g/mol. The molecule has 2 heterocycles. The lowest BCUT2D eigenvalue weighted by atomic mass is 10.2. The van der Waals surface area contributed by atoms with E-state index in [1.165, 1.54) is 11.8 Å². The molecule has 1 amide bonds. The minimum Gasteiger partial charge on any atom is -0.497 e. The van der Waals surface area contributed by atoms with Crippen molar-refractivity contribution in [2.24, 2.45) is 5.10 Å². The molecule has 0 aliphatic carbocycles. The third-order valence-corrected chi connectivity index (χ3v) is 5.63. The van der Waals surface area contributed by atoms with Gasteiger partial charge in [0, 0.05) is 11.3 Å². The maximum absolute atomic E-state index is 12.4. The zero-order valence-corrected chi connectivity index (χ0v) is 19.5.